The molecule has 0 spiro atoms. The molecule has 2 N–H and O–H groups in total. The van der Waals surface area contributed by atoms with Crippen molar-refractivity contribution in [3.8, 4) is 11.5 Å². The summed E-state index contributed by atoms with van der Waals surface area (Å²) in [5.41, 5.74) is 0.294. The van der Waals surface area contributed by atoms with E-state index in [1.165, 1.54) is 32.0 Å². The van der Waals surface area contributed by atoms with Gasteiger partial charge < -0.3 is 19.7 Å². The number of benzene rings is 1. The van der Waals surface area contributed by atoms with Gasteiger partial charge in [-0.2, -0.15) is 0 Å². The Hall–Kier alpha value is -1.40. The lowest BCUT2D eigenvalue weighted by Gasteiger charge is -2.16. The van der Waals surface area contributed by atoms with E-state index in [0.717, 1.165) is 0 Å². The van der Waals surface area contributed by atoms with Crippen molar-refractivity contribution in [2.24, 2.45) is 0 Å². The van der Waals surface area contributed by atoms with Gasteiger partial charge in [-0.25, -0.2) is 4.79 Å². The molecule has 0 aromatic heterocycles. The molecule has 0 heterocycles. The zero-order chi connectivity index (χ0) is 13.0. The van der Waals surface area contributed by atoms with E-state index in [0.29, 0.717) is 22.0 Å². The summed E-state index contributed by atoms with van der Waals surface area (Å²) >= 11 is 1.29. The Kier molecular flexibility index (Phi) is 4.65. The molecule has 0 aliphatic heterocycles. The first-order valence-electron chi connectivity index (χ1n) is 4.76. The molecule has 1 unspecified atom stereocenters. The van der Waals surface area contributed by atoms with Crippen LogP contribution in [0.5, 0.6) is 11.5 Å². The Labute approximate surface area is 103 Å². The highest BCUT2D eigenvalue weighted by Gasteiger charge is 2.23. The van der Waals surface area contributed by atoms with Crippen LogP contribution in [0.3, 0.4) is 0 Å². The van der Waals surface area contributed by atoms with Crippen molar-refractivity contribution in [2.75, 3.05) is 20.5 Å². The van der Waals surface area contributed by atoms with E-state index < -0.39 is 12.1 Å². The highest BCUT2D eigenvalue weighted by Crippen LogP contribution is 2.41. The van der Waals surface area contributed by atoms with E-state index in [4.69, 9.17) is 14.6 Å². The average Bonchev–Trinajstić information content (AvgIpc) is 2.35. The summed E-state index contributed by atoms with van der Waals surface area (Å²) in [6.45, 7) is 0. The fourth-order valence-electron chi connectivity index (χ4n) is 1.47. The summed E-state index contributed by atoms with van der Waals surface area (Å²) in [5.74, 6) is -0.372. The third-order valence-corrected chi connectivity index (χ3v) is 3.09. The molecule has 1 rings (SSSR count). The zero-order valence-corrected chi connectivity index (χ0v) is 10.6. The minimum Gasteiger partial charge on any atom is -0.493 e. The second-order valence-corrected chi connectivity index (χ2v) is 3.98. The fraction of sp³-hybridized carbons (Fsp3) is 0.364. The normalized spacial score (nSPS) is 12.0. The second kappa shape index (κ2) is 5.79. The predicted molar refractivity (Wildman–Crippen MR) is 63.9 cm³/mol. The number of carboxylic acids is 1. The minimum atomic E-state index is -1.57. The molecule has 0 radical (unpaired) electrons. The maximum absolute atomic E-state index is 10.8. The van der Waals surface area contributed by atoms with Crippen molar-refractivity contribution < 1.29 is 24.5 Å². The summed E-state index contributed by atoms with van der Waals surface area (Å²) in [7, 11) is 2.96. The largest absolute Gasteiger partial charge is 0.493 e. The van der Waals surface area contributed by atoms with E-state index in [1.54, 1.807) is 12.3 Å². The Morgan fingerprint density at radius 3 is 2.41 bits per heavy atom. The first kappa shape index (κ1) is 13.7. The van der Waals surface area contributed by atoms with Crippen LogP contribution in [0.2, 0.25) is 0 Å². The highest BCUT2D eigenvalue weighted by atomic mass is 32.2. The number of rotatable bonds is 5. The van der Waals surface area contributed by atoms with Gasteiger partial charge in [0.25, 0.3) is 0 Å². The van der Waals surface area contributed by atoms with Gasteiger partial charge in [-0.15, -0.1) is 11.8 Å². The number of carboxylic acid groups (broad SMARTS) is 1. The molecule has 0 aliphatic carbocycles. The van der Waals surface area contributed by atoms with Gasteiger partial charge in [0.2, 0.25) is 0 Å². The lowest BCUT2D eigenvalue weighted by atomic mass is 10.1. The van der Waals surface area contributed by atoms with Crippen molar-refractivity contribution in [1.82, 2.24) is 0 Å². The molecule has 1 aromatic rings. The van der Waals surface area contributed by atoms with E-state index >= 15 is 0 Å². The molecule has 94 valence electrons. The third kappa shape index (κ3) is 2.65. The van der Waals surface area contributed by atoms with Crippen LogP contribution in [0.4, 0.5) is 0 Å². The van der Waals surface area contributed by atoms with Crippen LogP contribution in [0.25, 0.3) is 0 Å². The van der Waals surface area contributed by atoms with Gasteiger partial charge in [0.1, 0.15) is 0 Å². The van der Waals surface area contributed by atoms with Crippen LogP contribution in [-0.4, -0.2) is 36.7 Å². The Morgan fingerprint density at radius 1 is 1.35 bits per heavy atom. The van der Waals surface area contributed by atoms with E-state index in [-0.39, 0.29) is 0 Å². The number of aliphatic carboxylic acids is 1. The molecule has 1 atom stereocenters. The number of aliphatic hydroxyl groups excluding tert-OH is 1. The van der Waals surface area contributed by atoms with Crippen molar-refractivity contribution >= 4 is 17.7 Å². The third-order valence-electron chi connectivity index (χ3n) is 2.26. The summed E-state index contributed by atoms with van der Waals surface area (Å²) in [6, 6.07) is 3.09. The summed E-state index contributed by atoms with van der Waals surface area (Å²) < 4.78 is 10.3. The van der Waals surface area contributed by atoms with E-state index in [9.17, 15) is 9.90 Å². The molecule has 0 bridgehead atoms. The molecular formula is C11H14O5S. The standard InChI is InChI=1S/C11H14O5S/c1-15-7-5-4-6(8(12)11(13)14)10(17-3)9(7)16-2/h4-5,8,12H,1-3H3,(H,13,14). The van der Waals surface area contributed by atoms with Gasteiger partial charge in [0.05, 0.1) is 19.1 Å². The van der Waals surface area contributed by atoms with Crippen LogP contribution in [0.15, 0.2) is 17.0 Å². The number of carbonyl (C=O) groups is 1. The number of aliphatic hydroxyl groups is 1. The molecule has 5 nitrogen and oxygen atoms in total. The topological polar surface area (TPSA) is 76.0 Å². The van der Waals surface area contributed by atoms with Gasteiger partial charge in [0, 0.05) is 5.56 Å². The van der Waals surface area contributed by atoms with Crippen LogP contribution < -0.4 is 9.47 Å². The lowest BCUT2D eigenvalue weighted by Crippen LogP contribution is -2.12. The van der Waals surface area contributed by atoms with E-state index in [2.05, 4.69) is 0 Å². The number of hydrogen-bond acceptors (Lipinski definition) is 5. The summed E-state index contributed by atoms with van der Waals surface area (Å²) in [4.78, 5) is 11.3. The monoisotopic (exact) mass is 258 g/mol. The van der Waals surface area contributed by atoms with Gasteiger partial charge in [-0.1, -0.05) is 6.07 Å². The highest BCUT2D eigenvalue weighted by molar-refractivity contribution is 7.98. The van der Waals surface area contributed by atoms with E-state index in [1.807, 2.05) is 0 Å². The molecule has 0 saturated carbocycles. The fourth-order valence-corrected chi connectivity index (χ4v) is 2.26. The molecule has 0 aliphatic rings. The minimum absolute atomic E-state index is 0.294. The van der Waals surface area contributed by atoms with Crippen LogP contribution in [-0.2, 0) is 4.79 Å². The molecule has 6 heteroatoms. The first-order chi connectivity index (χ1) is 8.06. The maximum atomic E-state index is 10.8. The Balaban J connectivity index is 3.37. The Morgan fingerprint density at radius 2 is 2.00 bits per heavy atom. The quantitative estimate of drug-likeness (QED) is 0.780. The van der Waals surface area contributed by atoms with Gasteiger partial charge in [0.15, 0.2) is 17.6 Å². The summed E-state index contributed by atoms with van der Waals surface area (Å²) in [5, 5.41) is 18.4. The average molecular weight is 258 g/mol. The van der Waals surface area contributed by atoms with Crippen molar-refractivity contribution in [3.05, 3.63) is 17.7 Å². The van der Waals surface area contributed by atoms with Crippen LogP contribution in [0, 0.1) is 0 Å². The molecule has 1 aromatic carbocycles. The van der Waals surface area contributed by atoms with Crippen molar-refractivity contribution in [1.29, 1.82) is 0 Å². The predicted octanol–water partition coefficient (Wildman–Crippen LogP) is 1.54. The number of methoxy groups -OCH3 is 2. The first-order valence-corrected chi connectivity index (χ1v) is 5.99. The molecule has 0 fully saturated rings. The summed E-state index contributed by atoms with van der Waals surface area (Å²) in [6.07, 6.45) is 0.201. The number of hydrogen-bond donors (Lipinski definition) is 2. The Bertz CT molecular complexity index is 419. The van der Waals surface area contributed by atoms with Crippen molar-refractivity contribution in [2.45, 2.75) is 11.0 Å². The zero-order valence-electron chi connectivity index (χ0n) is 9.76. The van der Waals surface area contributed by atoms with Crippen LogP contribution >= 0.6 is 11.8 Å². The lowest BCUT2D eigenvalue weighted by molar-refractivity contribution is -0.147. The van der Waals surface area contributed by atoms with Gasteiger partial charge >= 0.3 is 5.97 Å². The van der Waals surface area contributed by atoms with Gasteiger partial charge in [-0.3, -0.25) is 0 Å². The maximum Gasteiger partial charge on any atom is 0.337 e. The molecular weight excluding hydrogens is 244 g/mol. The SMILES string of the molecule is COc1ccc(C(O)C(=O)O)c(SC)c1OC. The number of thioether (sulfide) groups is 1. The smallest absolute Gasteiger partial charge is 0.337 e. The molecule has 17 heavy (non-hydrogen) atoms. The van der Waals surface area contributed by atoms with Crippen molar-refractivity contribution in [3.63, 3.8) is 0 Å². The second-order valence-electron chi connectivity index (χ2n) is 3.16. The van der Waals surface area contributed by atoms with Crippen LogP contribution in [0.1, 0.15) is 11.7 Å². The molecule has 0 saturated heterocycles. The van der Waals surface area contributed by atoms with Gasteiger partial charge in [-0.05, 0) is 12.3 Å². The molecule has 0 amide bonds. The number of ether oxygens (including phenoxy) is 2.